The molecule has 2 aromatic carbocycles. The fourth-order valence-electron chi connectivity index (χ4n) is 3.03. The van der Waals surface area contributed by atoms with Gasteiger partial charge in [-0.3, -0.25) is 11.3 Å². The highest BCUT2D eigenvalue weighted by molar-refractivity contribution is 6.30. The van der Waals surface area contributed by atoms with Crippen molar-refractivity contribution in [1.82, 2.24) is 5.43 Å². The second-order valence-electron chi connectivity index (χ2n) is 5.81. The Kier molecular flexibility index (Phi) is 4.59. The van der Waals surface area contributed by atoms with Crippen LogP contribution in [0, 0.1) is 0 Å². The molecule has 1 unspecified atom stereocenters. The van der Waals surface area contributed by atoms with Crippen molar-refractivity contribution in [3.8, 4) is 0 Å². The van der Waals surface area contributed by atoms with Crippen LogP contribution in [-0.2, 0) is 6.42 Å². The highest BCUT2D eigenvalue weighted by Crippen LogP contribution is 2.39. The predicted molar refractivity (Wildman–Crippen MR) is 88.3 cm³/mol. The van der Waals surface area contributed by atoms with E-state index in [9.17, 15) is 0 Å². The lowest BCUT2D eigenvalue weighted by Crippen LogP contribution is -2.31. The summed E-state index contributed by atoms with van der Waals surface area (Å²) >= 11 is 5.95. The summed E-state index contributed by atoms with van der Waals surface area (Å²) in [6, 6.07) is 16.8. The smallest absolute Gasteiger partial charge is 0.0503 e. The van der Waals surface area contributed by atoms with Gasteiger partial charge in [0.1, 0.15) is 0 Å². The standard InChI is InChI=1S/C18H21ClN2/c19-15-10-8-13(9-11-15)12-18(21-20)17-7-2-1-6-16(17)14-4-3-5-14/h1-2,6-11,14,18,21H,3-5,12,20H2. The van der Waals surface area contributed by atoms with Crippen molar-refractivity contribution < 1.29 is 0 Å². The van der Waals surface area contributed by atoms with E-state index in [1.165, 1.54) is 36.0 Å². The van der Waals surface area contributed by atoms with E-state index in [0.717, 1.165) is 11.4 Å². The molecule has 1 atom stereocenters. The van der Waals surface area contributed by atoms with Crippen LogP contribution >= 0.6 is 11.6 Å². The summed E-state index contributed by atoms with van der Waals surface area (Å²) in [6.07, 6.45) is 4.82. The van der Waals surface area contributed by atoms with E-state index in [2.05, 4.69) is 41.8 Å². The lowest BCUT2D eigenvalue weighted by molar-refractivity contribution is 0.411. The molecule has 3 rings (SSSR count). The highest BCUT2D eigenvalue weighted by atomic mass is 35.5. The summed E-state index contributed by atoms with van der Waals surface area (Å²) in [5.41, 5.74) is 7.03. The maximum Gasteiger partial charge on any atom is 0.0503 e. The van der Waals surface area contributed by atoms with E-state index >= 15 is 0 Å². The Hall–Kier alpha value is -1.35. The van der Waals surface area contributed by atoms with Crippen LogP contribution in [0.1, 0.15) is 47.9 Å². The van der Waals surface area contributed by atoms with Gasteiger partial charge in [0.2, 0.25) is 0 Å². The average molecular weight is 301 g/mol. The van der Waals surface area contributed by atoms with E-state index in [4.69, 9.17) is 17.4 Å². The lowest BCUT2D eigenvalue weighted by atomic mass is 9.76. The zero-order chi connectivity index (χ0) is 14.7. The lowest BCUT2D eigenvalue weighted by Gasteiger charge is -2.30. The van der Waals surface area contributed by atoms with Crippen molar-refractivity contribution in [1.29, 1.82) is 0 Å². The number of rotatable bonds is 5. The van der Waals surface area contributed by atoms with Crippen LogP contribution in [0.15, 0.2) is 48.5 Å². The minimum Gasteiger partial charge on any atom is -0.271 e. The summed E-state index contributed by atoms with van der Waals surface area (Å²) in [5, 5.41) is 0.769. The molecule has 0 radical (unpaired) electrons. The summed E-state index contributed by atoms with van der Waals surface area (Å²) in [7, 11) is 0. The minimum absolute atomic E-state index is 0.142. The van der Waals surface area contributed by atoms with Crippen molar-refractivity contribution in [2.24, 2.45) is 5.84 Å². The summed E-state index contributed by atoms with van der Waals surface area (Å²) in [4.78, 5) is 0. The van der Waals surface area contributed by atoms with E-state index < -0.39 is 0 Å². The third kappa shape index (κ3) is 3.29. The van der Waals surface area contributed by atoms with E-state index in [0.29, 0.717) is 5.92 Å². The number of halogens is 1. The summed E-state index contributed by atoms with van der Waals surface area (Å²) in [6.45, 7) is 0. The topological polar surface area (TPSA) is 38.0 Å². The summed E-state index contributed by atoms with van der Waals surface area (Å²) in [5.74, 6) is 6.55. The number of hydrazine groups is 1. The first kappa shape index (κ1) is 14.6. The molecular formula is C18H21ClN2. The van der Waals surface area contributed by atoms with Gasteiger partial charge in [-0.25, -0.2) is 0 Å². The van der Waals surface area contributed by atoms with Crippen molar-refractivity contribution in [3.05, 3.63) is 70.2 Å². The molecule has 0 heterocycles. The van der Waals surface area contributed by atoms with Crippen molar-refractivity contribution in [2.45, 2.75) is 37.6 Å². The molecule has 3 N–H and O–H groups in total. The Morgan fingerprint density at radius 2 is 1.81 bits per heavy atom. The van der Waals surface area contributed by atoms with Crippen LogP contribution in [0.25, 0.3) is 0 Å². The normalized spacial score (nSPS) is 16.5. The molecule has 1 fully saturated rings. The zero-order valence-electron chi connectivity index (χ0n) is 12.1. The van der Waals surface area contributed by atoms with Gasteiger partial charge < -0.3 is 0 Å². The molecule has 0 bridgehead atoms. The fourth-order valence-corrected chi connectivity index (χ4v) is 3.16. The minimum atomic E-state index is 0.142. The van der Waals surface area contributed by atoms with Crippen LogP contribution < -0.4 is 11.3 Å². The van der Waals surface area contributed by atoms with Gasteiger partial charge in [-0.05, 0) is 54.0 Å². The van der Waals surface area contributed by atoms with Crippen LogP contribution in [0.4, 0.5) is 0 Å². The third-order valence-electron chi connectivity index (χ3n) is 4.47. The molecule has 2 nitrogen and oxygen atoms in total. The largest absolute Gasteiger partial charge is 0.271 e. The van der Waals surface area contributed by atoms with E-state index in [1.807, 2.05) is 12.1 Å². The Bertz CT molecular complexity index is 590. The first-order chi connectivity index (χ1) is 10.3. The SMILES string of the molecule is NNC(Cc1ccc(Cl)cc1)c1ccccc1C1CCC1. The second kappa shape index (κ2) is 6.61. The van der Waals surface area contributed by atoms with Gasteiger partial charge in [-0.2, -0.15) is 0 Å². The van der Waals surface area contributed by atoms with Gasteiger partial charge in [-0.15, -0.1) is 0 Å². The number of nitrogens with one attached hydrogen (secondary N) is 1. The number of benzene rings is 2. The van der Waals surface area contributed by atoms with Gasteiger partial charge in [-0.1, -0.05) is 54.4 Å². The van der Waals surface area contributed by atoms with Gasteiger partial charge in [0.25, 0.3) is 0 Å². The van der Waals surface area contributed by atoms with Crippen molar-refractivity contribution in [3.63, 3.8) is 0 Å². The van der Waals surface area contributed by atoms with Gasteiger partial charge in [0.15, 0.2) is 0 Å². The molecule has 1 aliphatic carbocycles. The molecule has 2 aromatic rings. The van der Waals surface area contributed by atoms with Gasteiger partial charge >= 0.3 is 0 Å². The average Bonchev–Trinajstić information content (AvgIpc) is 2.46. The van der Waals surface area contributed by atoms with Gasteiger partial charge in [0, 0.05) is 5.02 Å². The Balaban J connectivity index is 1.84. The fraction of sp³-hybridized carbons (Fsp3) is 0.333. The molecule has 3 heteroatoms. The first-order valence-electron chi connectivity index (χ1n) is 7.57. The van der Waals surface area contributed by atoms with Crippen LogP contribution in [-0.4, -0.2) is 0 Å². The molecular weight excluding hydrogens is 280 g/mol. The van der Waals surface area contributed by atoms with E-state index in [1.54, 1.807) is 0 Å². The molecule has 0 spiro atoms. The molecule has 1 saturated carbocycles. The molecule has 0 aromatic heterocycles. The number of nitrogens with two attached hydrogens (primary N) is 1. The van der Waals surface area contributed by atoms with E-state index in [-0.39, 0.29) is 6.04 Å². The first-order valence-corrected chi connectivity index (χ1v) is 7.95. The highest BCUT2D eigenvalue weighted by Gasteiger charge is 2.24. The van der Waals surface area contributed by atoms with Crippen LogP contribution in [0.5, 0.6) is 0 Å². The maximum atomic E-state index is 5.95. The monoisotopic (exact) mass is 300 g/mol. The molecule has 21 heavy (non-hydrogen) atoms. The molecule has 0 saturated heterocycles. The van der Waals surface area contributed by atoms with Crippen molar-refractivity contribution >= 4 is 11.6 Å². The van der Waals surface area contributed by atoms with Crippen LogP contribution in [0.2, 0.25) is 5.02 Å². The Morgan fingerprint density at radius 3 is 2.43 bits per heavy atom. The quantitative estimate of drug-likeness (QED) is 0.636. The third-order valence-corrected chi connectivity index (χ3v) is 4.72. The van der Waals surface area contributed by atoms with Crippen LogP contribution in [0.3, 0.4) is 0 Å². The van der Waals surface area contributed by atoms with Crippen molar-refractivity contribution in [2.75, 3.05) is 0 Å². The van der Waals surface area contributed by atoms with Gasteiger partial charge in [0.05, 0.1) is 6.04 Å². The number of hydrogen-bond acceptors (Lipinski definition) is 2. The maximum absolute atomic E-state index is 5.95. The number of hydrogen-bond donors (Lipinski definition) is 2. The molecule has 0 aliphatic heterocycles. The zero-order valence-corrected chi connectivity index (χ0v) is 12.8. The Morgan fingerprint density at radius 1 is 1.10 bits per heavy atom. The molecule has 1 aliphatic rings. The molecule has 110 valence electrons. The summed E-state index contributed by atoms with van der Waals surface area (Å²) < 4.78 is 0. The predicted octanol–water partition coefficient (Wildman–Crippen LogP) is 4.35. The molecule has 0 amide bonds. The Labute approximate surface area is 131 Å². The second-order valence-corrected chi connectivity index (χ2v) is 6.24.